The Morgan fingerprint density at radius 3 is 2.47 bits per heavy atom. The van der Waals surface area contributed by atoms with Gasteiger partial charge in [0.1, 0.15) is 10.8 Å². The average Bonchev–Trinajstić information content (AvgIpc) is 2.37. The lowest BCUT2D eigenvalue weighted by molar-refractivity contribution is -0.384. The van der Waals surface area contributed by atoms with E-state index in [2.05, 4.69) is 5.32 Å². The molecule has 2 aromatic carbocycles. The predicted octanol–water partition coefficient (Wildman–Crippen LogP) is 4.00. The molecular weight excluding hydrogens is 271 g/mol. The number of nitro benzene ring substituents is 1. The van der Waals surface area contributed by atoms with Gasteiger partial charge in [-0.05, 0) is 29.8 Å². The van der Waals surface area contributed by atoms with Crippen LogP contribution in [0.15, 0.2) is 42.5 Å². The molecular formula is C13H10ClFN2O2. The zero-order valence-corrected chi connectivity index (χ0v) is 10.5. The summed E-state index contributed by atoms with van der Waals surface area (Å²) in [6, 6.07) is 10.5. The van der Waals surface area contributed by atoms with Crippen molar-refractivity contribution >= 4 is 23.0 Å². The molecule has 0 bridgehead atoms. The van der Waals surface area contributed by atoms with E-state index in [0.29, 0.717) is 12.2 Å². The van der Waals surface area contributed by atoms with Crippen molar-refractivity contribution < 1.29 is 9.31 Å². The molecule has 0 amide bonds. The highest BCUT2D eigenvalue weighted by molar-refractivity contribution is 6.32. The summed E-state index contributed by atoms with van der Waals surface area (Å²) in [5.41, 5.74) is 1.43. The van der Waals surface area contributed by atoms with Crippen LogP contribution < -0.4 is 5.32 Å². The summed E-state index contributed by atoms with van der Waals surface area (Å²) in [7, 11) is 0. The van der Waals surface area contributed by atoms with E-state index in [4.69, 9.17) is 11.6 Å². The van der Waals surface area contributed by atoms with Gasteiger partial charge in [0.2, 0.25) is 0 Å². The van der Waals surface area contributed by atoms with Crippen molar-refractivity contribution in [2.75, 3.05) is 5.32 Å². The number of hydrogen-bond donors (Lipinski definition) is 1. The van der Waals surface area contributed by atoms with Gasteiger partial charge in [0.25, 0.3) is 5.69 Å². The number of halogens is 2. The first-order valence-electron chi connectivity index (χ1n) is 5.48. The van der Waals surface area contributed by atoms with Gasteiger partial charge in [0, 0.05) is 18.3 Å². The molecule has 0 aliphatic carbocycles. The largest absolute Gasteiger partial charge is 0.381 e. The lowest BCUT2D eigenvalue weighted by atomic mass is 10.2. The molecule has 0 saturated carbocycles. The molecule has 0 saturated heterocycles. The van der Waals surface area contributed by atoms with Gasteiger partial charge in [0.05, 0.1) is 4.92 Å². The maximum Gasteiger partial charge on any atom is 0.288 e. The predicted molar refractivity (Wildman–Crippen MR) is 71.8 cm³/mol. The Hall–Kier alpha value is -2.14. The molecule has 1 N–H and O–H groups in total. The van der Waals surface area contributed by atoms with E-state index in [0.717, 1.165) is 5.56 Å². The Bertz CT molecular complexity index is 602. The summed E-state index contributed by atoms with van der Waals surface area (Å²) in [5, 5.41) is 13.7. The zero-order chi connectivity index (χ0) is 13.8. The minimum Gasteiger partial charge on any atom is -0.381 e. The first kappa shape index (κ1) is 13.3. The molecule has 0 aromatic heterocycles. The molecule has 0 radical (unpaired) electrons. The molecule has 19 heavy (non-hydrogen) atoms. The highest BCUT2D eigenvalue weighted by Crippen LogP contribution is 2.27. The molecule has 0 fully saturated rings. The third-order valence-corrected chi connectivity index (χ3v) is 2.86. The Morgan fingerprint density at radius 1 is 1.21 bits per heavy atom. The van der Waals surface area contributed by atoms with E-state index in [1.807, 2.05) is 0 Å². The monoisotopic (exact) mass is 280 g/mol. The fourth-order valence-electron chi connectivity index (χ4n) is 1.57. The Morgan fingerprint density at radius 2 is 1.89 bits per heavy atom. The van der Waals surface area contributed by atoms with Crippen molar-refractivity contribution in [3.63, 3.8) is 0 Å². The molecule has 0 spiro atoms. The van der Waals surface area contributed by atoms with Gasteiger partial charge < -0.3 is 5.32 Å². The normalized spacial score (nSPS) is 10.2. The third-order valence-electron chi connectivity index (χ3n) is 2.55. The van der Waals surface area contributed by atoms with Crippen molar-refractivity contribution in [1.82, 2.24) is 0 Å². The number of nitrogens with zero attached hydrogens (tertiary/aromatic N) is 1. The van der Waals surface area contributed by atoms with Crippen LogP contribution in [0.4, 0.5) is 15.8 Å². The highest BCUT2D eigenvalue weighted by Gasteiger charge is 2.11. The minimum atomic E-state index is -0.536. The van der Waals surface area contributed by atoms with E-state index in [1.54, 1.807) is 18.2 Å². The van der Waals surface area contributed by atoms with Gasteiger partial charge in [-0.25, -0.2) is 4.39 Å². The van der Waals surface area contributed by atoms with Crippen molar-refractivity contribution in [3.8, 4) is 0 Å². The second kappa shape index (κ2) is 5.67. The quantitative estimate of drug-likeness (QED) is 0.680. The maximum atomic E-state index is 12.7. The van der Waals surface area contributed by atoms with Crippen LogP contribution in [0.3, 0.4) is 0 Å². The lowest BCUT2D eigenvalue weighted by Gasteiger charge is -2.07. The number of rotatable bonds is 4. The molecule has 4 nitrogen and oxygen atoms in total. The van der Waals surface area contributed by atoms with Crippen molar-refractivity contribution in [2.24, 2.45) is 0 Å². The molecule has 0 heterocycles. The Balaban J connectivity index is 2.06. The van der Waals surface area contributed by atoms with E-state index >= 15 is 0 Å². The highest BCUT2D eigenvalue weighted by atomic mass is 35.5. The molecule has 0 aliphatic rings. The van der Waals surface area contributed by atoms with Gasteiger partial charge >= 0.3 is 0 Å². The molecule has 98 valence electrons. The summed E-state index contributed by atoms with van der Waals surface area (Å²) in [4.78, 5) is 10.1. The average molecular weight is 281 g/mol. The number of anilines is 1. The standard InChI is InChI=1S/C13H10ClFN2O2/c14-12-7-11(5-6-13(12)17(18)19)16-8-9-1-3-10(15)4-2-9/h1-7,16H,8H2. The topological polar surface area (TPSA) is 55.2 Å². The molecule has 2 rings (SSSR count). The van der Waals surface area contributed by atoms with Crippen LogP contribution in [-0.4, -0.2) is 4.92 Å². The van der Waals surface area contributed by atoms with Crippen LogP contribution in [0.1, 0.15) is 5.56 Å². The number of nitrogens with one attached hydrogen (secondary N) is 1. The summed E-state index contributed by atoms with van der Waals surface area (Å²) in [6.45, 7) is 0.481. The van der Waals surface area contributed by atoms with Gasteiger partial charge in [-0.3, -0.25) is 10.1 Å². The molecule has 0 aliphatic heterocycles. The van der Waals surface area contributed by atoms with Crippen LogP contribution >= 0.6 is 11.6 Å². The van der Waals surface area contributed by atoms with Gasteiger partial charge in [-0.2, -0.15) is 0 Å². The van der Waals surface area contributed by atoms with Crippen molar-refractivity contribution in [1.29, 1.82) is 0 Å². The summed E-state index contributed by atoms with van der Waals surface area (Å²) in [6.07, 6.45) is 0. The van der Waals surface area contributed by atoms with E-state index < -0.39 is 4.92 Å². The van der Waals surface area contributed by atoms with Gasteiger partial charge in [0.15, 0.2) is 0 Å². The third kappa shape index (κ3) is 3.42. The van der Waals surface area contributed by atoms with Crippen molar-refractivity contribution in [3.05, 3.63) is 69.0 Å². The number of benzene rings is 2. The Kier molecular flexibility index (Phi) is 3.97. The van der Waals surface area contributed by atoms with Crippen LogP contribution in [0.25, 0.3) is 0 Å². The minimum absolute atomic E-state index is 0.0779. The SMILES string of the molecule is O=[N+]([O-])c1ccc(NCc2ccc(F)cc2)cc1Cl. The number of hydrogen-bond acceptors (Lipinski definition) is 3. The van der Waals surface area contributed by atoms with Gasteiger partial charge in [-0.15, -0.1) is 0 Å². The van der Waals surface area contributed by atoms with E-state index in [1.165, 1.54) is 24.3 Å². The van der Waals surface area contributed by atoms with E-state index in [-0.39, 0.29) is 16.5 Å². The van der Waals surface area contributed by atoms with Crippen LogP contribution in [0.2, 0.25) is 5.02 Å². The molecule has 0 atom stereocenters. The van der Waals surface area contributed by atoms with Crippen molar-refractivity contribution in [2.45, 2.75) is 6.54 Å². The smallest absolute Gasteiger partial charge is 0.288 e. The second-order valence-corrected chi connectivity index (χ2v) is 4.31. The lowest BCUT2D eigenvalue weighted by Crippen LogP contribution is -2.00. The van der Waals surface area contributed by atoms with E-state index in [9.17, 15) is 14.5 Å². The summed E-state index contributed by atoms with van der Waals surface area (Å²) < 4.78 is 12.7. The summed E-state index contributed by atoms with van der Waals surface area (Å²) >= 11 is 5.80. The molecule has 0 unspecified atom stereocenters. The molecule has 2 aromatic rings. The van der Waals surface area contributed by atoms with Crippen LogP contribution in [0.5, 0.6) is 0 Å². The molecule has 6 heteroatoms. The van der Waals surface area contributed by atoms with Crippen LogP contribution in [0, 0.1) is 15.9 Å². The Labute approximate surface area is 114 Å². The van der Waals surface area contributed by atoms with Gasteiger partial charge in [-0.1, -0.05) is 23.7 Å². The number of nitro groups is 1. The first-order chi connectivity index (χ1) is 9.06. The zero-order valence-electron chi connectivity index (χ0n) is 9.77. The fraction of sp³-hybridized carbons (Fsp3) is 0.0769. The fourth-order valence-corrected chi connectivity index (χ4v) is 1.82. The first-order valence-corrected chi connectivity index (χ1v) is 5.86. The van der Waals surface area contributed by atoms with Crippen LogP contribution in [-0.2, 0) is 6.54 Å². The summed E-state index contributed by atoms with van der Waals surface area (Å²) in [5.74, 6) is -0.290. The second-order valence-electron chi connectivity index (χ2n) is 3.90. The maximum absolute atomic E-state index is 12.7.